The first-order chi connectivity index (χ1) is 18.7. The zero-order valence-corrected chi connectivity index (χ0v) is 22.0. The number of carbonyl (C=O) groups is 1. The molecule has 0 aliphatic rings. The zero-order chi connectivity index (χ0) is 27.7. The Morgan fingerprint density at radius 3 is 2.62 bits per heavy atom. The van der Waals surface area contributed by atoms with Gasteiger partial charge in [0, 0.05) is 46.9 Å². The largest absolute Gasteiger partial charge is 0.453 e. The number of nitrogens with one attached hydrogen (secondary N) is 1. The second-order valence-corrected chi connectivity index (χ2v) is 12.4. The summed E-state index contributed by atoms with van der Waals surface area (Å²) >= 11 is 0. The molecule has 0 aliphatic heterocycles. The van der Waals surface area contributed by atoms with Gasteiger partial charge in [0.25, 0.3) is 0 Å². The highest BCUT2D eigenvalue weighted by Crippen LogP contribution is 2.45. The summed E-state index contributed by atoms with van der Waals surface area (Å²) in [4.78, 5) is 14.2. The van der Waals surface area contributed by atoms with E-state index < -0.39 is 20.8 Å². The fourth-order valence-corrected chi connectivity index (χ4v) is 5.82. The minimum absolute atomic E-state index is 0.00220. The molecule has 0 amide bonds. The fourth-order valence-electron chi connectivity index (χ4n) is 4.52. The molecule has 1 N–H and O–H groups in total. The number of benzene rings is 3. The SMILES string of the molecule is C=S(=C)(C)c1c(Oc2ccc(F)c(-c3ccn(Cc4cccc(CCC=O)c4F)n3)c2)c(F)cc2[nH]ccc12. The van der Waals surface area contributed by atoms with Crippen LogP contribution in [0.5, 0.6) is 11.5 Å². The number of nitrogens with zero attached hydrogens (tertiary/aromatic N) is 2. The maximum atomic E-state index is 15.2. The summed E-state index contributed by atoms with van der Waals surface area (Å²) in [6.45, 7) is 0.123. The van der Waals surface area contributed by atoms with Crippen LogP contribution in [0.3, 0.4) is 0 Å². The van der Waals surface area contributed by atoms with Crippen LogP contribution in [-0.4, -0.2) is 39.0 Å². The number of hydrogen-bond donors (Lipinski definition) is 1. The molecule has 200 valence electrons. The van der Waals surface area contributed by atoms with Crippen molar-refractivity contribution in [1.29, 1.82) is 0 Å². The minimum atomic E-state index is -1.90. The number of aryl methyl sites for hydroxylation is 1. The molecule has 5 aromatic rings. The molecular weight excluding hydrogens is 523 g/mol. The van der Waals surface area contributed by atoms with E-state index in [0.717, 1.165) is 11.7 Å². The average Bonchev–Trinajstić information content (AvgIpc) is 3.54. The summed E-state index contributed by atoms with van der Waals surface area (Å²) in [5.74, 6) is 7.01. The van der Waals surface area contributed by atoms with Crippen LogP contribution in [0.1, 0.15) is 17.5 Å². The Morgan fingerprint density at radius 2 is 1.85 bits per heavy atom. The Morgan fingerprint density at radius 1 is 1.05 bits per heavy atom. The highest BCUT2D eigenvalue weighted by Gasteiger charge is 2.20. The zero-order valence-electron chi connectivity index (χ0n) is 21.2. The van der Waals surface area contributed by atoms with Crippen LogP contribution in [0.25, 0.3) is 22.2 Å². The number of fused-ring (bicyclic) bond motifs is 1. The maximum Gasteiger partial charge on any atom is 0.176 e. The molecule has 39 heavy (non-hydrogen) atoms. The van der Waals surface area contributed by atoms with Crippen LogP contribution < -0.4 is 4.74 Å². The lowest BCUT2D eigenvalue weighted by Gasteiger charge is -2.18. The topological polar surface area (TPSA) is 59.9 Å². The quantitative estimate of drug-likeness (QED) is 0.158. The second kappa shape index (κ2) is 10.5. The lowest BCUT2D eigenvalue weighted by Crippen LogP contribution is -2.05. The van der Waals surface area contributed by atoms with Crippen molar-refractivity contribution in [2.75, 3.05) is 6.26 Å². The van der Waals surface area contributed by atoms with Crippen molar-refractivity contribution in [3.63, 3.8) is 0 Å². The number of hydrogen-bond acceptors (Lipinski definition) is 3. The van der Waals surface area contributed by atoms with Crippen molar-refractivity contribution in [3.05, 3.63) is 95.6 Å². The molecule has 9 heteroatoms. The Labute approximate surface area is 224 Å². The van der Waals surface area contributed by atoms with Gasteiger partial charge in [0.15, 0.2) is 11.6 Å². The van der Waals surface area contributed by atoms with Crippen LogP contribution in [0.15, 0.2) is 71.9 Å². The molecule has 2 aromatic heterocycles. The summed E-state index contributed by atoms with van der Waals surface area (Å²) < 4.78 is 52.5. The van der Waals surface area contributed by atoms with Gasteiger partial charge >= 0.3 is 0 Å². The van der Waals surface area contributed by atoms with Gasteiger partial charge in [0.2, 0.25) is 0 Å². The normalized spacial score (nSPS) is 11.7. The first kappa shape index (κ1) is 26.4. The first-order valence-electron chi connectivity index (χ1n) is 12.1. The Bertz CT molecular complexity index is 1810. The lowest BCUT2D eigenvalue weighted by molar-refractivity contribution is -0.107. The van der Waals surface area contributed by atoms with Gasteiger partial charge in [0.1, 0.15) is 23.7 Å². The van der Waals surface area contributed by atoms with Crippen molar-refractivity contribution in [1.82, 2.24) is 14.8 Å². The Balaban J connectivity index is 1.46. The molecule has 2 heterocycles. The molecule has 3 aromatic carbocycles. The van der Waals surface area contributed by atoms with Crippen molar-refractivity contribution >= 4 is 38.1 Å². The molecule has 0 atom stereocenters. The number of aromatic amines is 1. The van der Waals surface area contributed by atoms with E-state index in [1.165, 1.54) is 28.9 Å². The predicted molar refractivity (Wildman–Crippen MR) is 152 cm³/mol. The van der Waals surface area contributed by atoms with E-state index in [-0.39, 0.29) is 35.8 Å². The predicted octanol–water partition coefficient (Wildman–Crippen LogP) is 7.08. The average molecular weight is 550 g/mol. The van der Waals surface area contributed by atoms with E-state index in [1.54, 1.807) is 36.7 Å². The fraction of sp³-hybridized carbons (Fsp3) is 0.133. The molecule has 5 rings (SSSR count). The summed E-state index contributed by atoms with van der Waals surface area (Å²) in [6.07, 6.45) is 6.47. The molecule has 0 saturated heterocycles. The van der Waals surface area contributed by atoms with Crippen molar-refractivity contribution in [2.45, 2.75) is 24.3 Å². The molecule has 0 fully saturated rings. The van der Waals surface area contributed by atoms with Gasteiger partial charge in [-0.05, 0) is 48.6 Å². The van der Waals surface area contributed by atoms with E-state index in [2.05, 4.69) is 21.8 Å². The van der Waals surface area contributed by atoms with E-state index in [0.29, 0.717) is 33.7 Å². The van der Waals surface area contributed by atoms with Crippen LogP contribution in [0, 0.1) is 17.5 Å². The molecule has 0 saturated carbocycles. The summed E-state index contributed by atoms with van der Waals surface area (Å²) in [7, 11) is -1.90. The van der Waals surface area contributed by atoms with Crippen LogP contribution in [-0.2, 0) is 17.8 Å². The van der Waals surface area contributed by atoms with Gasteiger partial charge in [-0.15, -0.1) is 0 Å². The Hall–Kier alpha value is -4.24. The molecule has 0 unspecified atom stereocenters. The van der Waals surface area contributed by atoms with Crippen LogP contribution in [0.4, 0.5) is 13.2 Å². The molecule has 0 spiro atoms. The van der Waals surface area contributed by atoms with Crippen molar-refractivity contribution in [2.24, 2.45) is 0 Å². The smallest absolute Gasteiger partial charge is 0.176 e. The third-order valence-electron chi connectivity index (χ3n) is 6.31. The standard InChI is InChI=1S/C30H26F3N3O2S/c1-39(2,3)30-22-11-13-34-27(22)17-25(32)29(30)38-21-9-10-24(31)23(16-21)26-12-14-36(35-26)18-20-7-4-6-19(28(20)33)8-5-15-37/h4,6-7,9-17,34H,1-2,5,8,18H2,3H3. The third-order valence-corrected chi connectivity index (χ3v) is 7.70. The minimum Gasteiger partial charge on any atom is -0.453 e. The van der Waals surface area contributed by atoms with Gasteiger partial charge in [-0.2, -0.15) is 14.3 Å². The molecular formula is C30H26F3N3O2S. The molecule has 0 bridgehead atoms. The molecule has 0 radical (unpaired) electrons. The number of carbonyl (C=O) groups excluding carboxylic acids is 1. The first-order valence-corrected chi connectivity index (χ1v) is 14.5. The summed E-state index contributed by atoms with van der Waals surface area (Å²) in [5.41, 5.74) is 1.92. The van der Waals surface area contributed by atoms with Gasteiger partial charge in [-0.1, -0.05) is 29.9 Å². The molecule has 0 aliphatic carbocycles. The van der Waals surface area contributed by atoms with E-state index in [1.807, 2.05) is 12.3 Å². The number of ether oxygens (including phenoxy) is 1. The second-order valence-electron chi connectivity index (χ2n) is 9.47. The van der Waals surface area contributed by atoms with Crippen LogP contribution in [0.2, 0.25) is 0 Å². The number of H-pyrrole nitrogens is 1. The van der Waals surface area contributed by atoms with Gasteiger partial charge in [0.05, 0.1) is 17.1 Å². The highest BCUT2D eigenvalue weighted by atomic mass is 32.2. The summed E-state index contributed by atoms with van der Waals surface area (Å²) in [5, 5.41) is 5.19. The lowest BCUT2D eigenvalue weighted by atomic mass is 10.1. The Kier molecular flexibility index (Phi) is 7.10. The van der Waals surface area contributed by atoms with Crippen molar-refractivity contribution < 1.29 is 22.7 Å². The van der Waals surface area contributed by atoms with Crippen LogP contribution >= 0.6 is 9.21 Å². The van der Waals surface area contributed by atoms with Crippen molar-refractivity contribution in [3.8, 4) is 22.8 Å². The van der Waals surface area contributed by atoms with E-state index >= 15 is 4.39 Å². The van der Waals surface area contributed by atoms with E-state index in [9.17, 15) is 13.6 Å². The number of aromatic nitrogens is 3. The van der Waals surface area contributed by atoms with E-state index in [4.69, 9.17) is 4.74 Å². The molecule has 5 nitrogen and oxygen atoms in total. The van der Waals surface area contributed by atoms with Gasteiger partial charge in [-0.25, -0.2) is 13.2 Å². The summed E-state index contributed by atoms with van der Waals surface area (Å²) in [6, 6.07) is 13.9. The van der Waals surface area contributed by atoms with Gasteiger partial charge in [-0.3, -0.25) is 4.68 Å². The number of rotatable bonds is 9. The monoisotopic (exact) mass is 549 g/mol. The highest BCUT2D eigenvalue weighted by molar-refractivity contribution is 8.27. The number of aldehydes is 1. The maximum absolute atomic E-state index is 15.2. The third kappa shape index (κ3) is 5.35. The van der Waals surface area contributed by atoms with Gasteiger partial charge < -0.3 is 14.5 Å². The number of halogens is 3.